The summed E-state index contributed by atoms with van der Waals surface area (Å²) in [6.07, 6.45) is 1.53. The minimum Gasteiger partial charge on any atom is -0.282 e. The van der Waals surface area contributed by atoms with Crippen molar-refractivity contribution in [3.05, 3.63) is 38.8 Å². The van der Waals surface area contributed by atoms with Gasteiger partial charge in [-0.2, -0.15) is 0 Å². The van der Waals surface area contributed by atoms with E-state index in [9.17, 15) is 0 Å². The van der Waals surface area contributed by atoms with E-state index < -0.39 is 0 Å². The van der Waals surface area contributed by atoms with Crippen molar-refractivity contribution >= 4 is 50.7 Å². The highest BCUT2D eigenvalue weighted by molar-refractivity contribution is 9.10. The first-order valence-corrected chi connectivity index (χ1v) is 6.31. The van der Waals surface area contributed by atoms with Crippen LogP contribution >= 0.6 is 50.7 Å². The summed E-state index contributed by atoms with van der Waals surface area (Å²) in [6.45, 7) is 0. The second-order valence-electron chi connectivity index (χ2n) is 2.97. The highest BCUT2D eigenvalue weighted by atomic mass is 79.9. The average molecular weight is 341 g/mol. The van der Waals surface area contributed by atoms with E-state index in [1.165, 1.54) is 6.33 Å². The Morgan fingerprint density at radius 1 is 1.25 bits per heavy atom. The van der Waals surface area contributed by atoms with Crippen LogP contribution in [0.2, 0.25) is 10.0 Å². The molecule has 0 saturated heterocycles. The van der Waals surface area contributed by atoms with Crippen molar-refractivity contribution in [3.8, 4) is 5.69 Å². The van der Waals surface area contributed by atoms with Gasteiger partial charge in [-0.25, -0.2) is 0 Å². The van der Waals surface area contributed by atoms with Crippen LogP contribution in [0, 0.1) is 0 Å². The maximum atomic E-state index is 6.12. The lowest BCUT2D eigenvalue weighted by Crippen LogP contribution is -2.00. The largest absolute Gasteiger partial charge is 0.282 e. The first-order chi connectivity index (χ1) is 7.63. The monoisotopic (exact) mass is 339 g/mol. The van der Waals surface area contributed by atoms with E-state index in [1.54, 1.807) is 16.7 Å². The Kier molecular flexibility index (Phi) is 3.74. The molecule has 0 aliphatic heterocycles. The molecule has 7 heteroatoms. The fraction of sp³-hybridized carbons (Fsp3) is 0.111. The van der Waals surface area contributed by atoms with Crippen molar-refractivity contribution in [2.75, 3.05) is 0 Å². The van der Waals surface area contributed by atoms with Crippen LogP contribution in [0.1, 0.15) is 5.82 Å². The molecule has 0 fully saturated rings. The lowest BCUT2D eigenvalue weighted by atomic mass is 10.3. The molecule has 84 valence electrons. The number of benzene rings is 1. The predicted molar refractivity (Wildman–Crippen MR) is 68.6 cm³/mol. The van der Waals surface area contributed by atoms with Gasteiger partial charge in [-0.3, -0.25) is 4.57 Å². The van der Waals surface area contributed by atoms with Gasteiger partial charge in [-0.1, -0.05) is 39.1 Å². The van der Waals surface area contributed by atoms with Crippen LogP contribution in [-0.4, -0.2) is 14.8 Å². The minimum absolute atomic E-state index is 0.239. The molecule has 0 aliphatic rings. The molecule has 0 N–H and O–H groups in total. The van der Waals surface area contributed by atoms with E-state index in [1.807, 2.05) is 0 Å². The number of nitrogens with zero attached hydrogens (tertiary/aromatic N) is 3. The van der Waals surface area contributed by atoms with Crippen LogP contribution in [0.25, 0.3) is 5.69 Å². The minimum atomic E-state index is 0.239. The Balaban J connectivity index is 2.64. The molecule has 0 atom stereocenters. The van der Waals surface area contributed by atoms with Gasteiger partial charge in [-0.05, 0) is 12.1 Å². The molecule has 0 aliphatic carbocycles. The quantitative estimate of drug-likeness (QED) is 0.771. The summed E-state index contributed by atoms with van der Waals surface area (Å²) in [5, 5.41) is 8.65. The highest BCUT2D eigenvalue weighted by Gasteiger charge is 2.13. The second kappa shape index (κ2) is 4.92. The molecule has 0 bridgehead atoms. The van der Waals surface area contributed by atoms with E-state index in [-0.39, 0.29) is 5.88 Å². The molecule has 1 heterocycles. The first kappa shape index (κ1) is 12.2. The van der Waals surface area contributed by atoms with Crippen molar-refractivity contribution in [3.63, 3.8) is 0 Å². The zero-order chi connectivity index (χ0) is 11.7. The molecular weight excluding hydrogens is 336 g/mol. The number of rotatable bonds is 2. The van der Waals surface area contributed by atoms with Gasteiger partial charge in [0.25, 0.3) is 0 Å². The van der Waals surface area contributed by atoms with Gasteiger partial charge < -0.3 is 0 Å². The van der Waals surface area contributed by atoms with Gasteiger partial charge in [-0.15, -0.1) is 21.8 Å². The van der Waals surface area contributed by atoms with Crippen molar-refractivity contribution < 1.29 is 0 Å². The van der Waals surface area contributed by atoms with Crippen LogP contribution in [0.15, 0.2) is 22.9 Å². The molecule has 0 unspecified atom stereocenters. The molecule has 3 nitrogen and oxygen atoms in total. The van der Waals surface area contributed by atoms with E-state index in [0.717, 1.165) is 4.47 Å². The Morgan fingerprint density at radius 3 is 2.44 bits per heavy atom. The molecule has 0 amide bonds. The maximum Gasteiger partial charge on any atom is 0.152 e. The highest BCUT2D eigenvalue weighted by Crippen LogP contribution is 2.32. The lowest BCUT2D eigenvalue weighted by molar-refractivity contribution is 0.951. The van der Waals surface area contributed by atoms with E-state index >= 15 is 0 Å². The number of alkyl halides is 1. The summed E-state index contributed by atoms with van der Waals surface area (Å²) in [6, 6.07) is 3.50. The normalized spacial score (nSPS) is 10.8. The van der Waals surface area contributed by atoms with Crippen LogP contribution in [0.4, 0.5) is 0 Å². The summed E-state index contributed by atoms with van der Waals surface area (Å²) in [5.41, 5.74) is 0.632. The van der Waals surface area contributed by atoms with Gasteiger partial charge in [0.15, 0.2) is 5.82 Å². The SMILES string of the molecule is ClCc1nncn1-c1c(Cl)cc(Br)cc1Cl. The number of aromatic nitrogens is 3. The molecule has 2 aromatic rings. The molecule has 1 aromatic carbocycles. The fourth-order valence-electron chi connectivity index (χ4n) is 1.30. The van der Waals surface area contributed by atoms with E-state index in [4.69, 9.17) is 34.8 Å². The van der Waals surface area contributed by atoms with Crippen molar-refractivity contribution in [2.45, 2.75) is 5.88 Å². The summed E-state index contributed by atoms with van der Waals surface area (Å²) < 4.78 is 2.48. The third-order valence-electron chi connectivity index (χ3n) is 1.96. The van der Waals surface area contributed by atoms with Crippen molar-refractivity contribution in [2.24, 2.45) is 0 Å². The predicted octanol–water partition coefficient (Wildman–Crippen LogP) is 4.08. The van der Waals surface area contributed by atoms with Crippen LogP contribution < -0.4 is 0 Å². The Morgan fingerprint density at radius 2 is 1.88 bits per heavy atom. The second-order valence-corrected chi connectivity index (χ2v) is 4.97. The number of hydrogen-bond donors (Lipinski definition) is 0. The lowest BCUT2D eigenvalue weighted by Gasteiger charge is -2.09. The standard InChI is InChI=1S/C9H5BrCl3N3/c10-5-1-6(12)9(7(13)2-5)16-4-14-15-8(16)3-11/h1-2,4H,3H2. The van der Waals surface area contributed by atoms with Crippen molar-refractivity contribution in [1.82, 2.24) is 14.8 Å². The van der Waals surface area contributed by atoms with Gasteiger partial charge in [0.1, 0.15) is 6.33 Å². The summed E-state index contributed by atoms with van der Waals surface area (Å²) in [7, 11) is 0. The zero-order valence-corrected chi connectivity index (χ0v) is 11.6. The Bertz CT molecular complexity index is 503. The molecule has 0 radical (unpaired) electrons. The molecule has 0 saturated carbocycles. The van der Waals surface area contributed by atoms with Crippen LogP contribution in [-0.2, 0) is 5.88 Å². The van der Waals surface area contributed by atoms with Gasteiger partial charge >= 0.3 is 0 Å². The molecule has 1 aromatic heterocycles. The fourth-order valence-corrected chi connectivity index (χ4v) is 2.87. The summed E-state index contributed by atoms with van der Waals surface area (Å²) >= 11 is 21.3. The van der Waals surface area contributed by atoms with Gasteiger partial charge in [0.05, 0.1) is 21.6 Å². The van der Waals surface area contributed by atoms with Crippen LogP contribution in [0.3, 0.4) is 0 Å². The smallest absolute Gasteiger partial charge is 0.152 e. The topological polar surface area (TPSA) is 30.7 Å². The van der Waals surface area contributed by atoms with Gasteiger partial charge in [0.2, 0.25) is 0 Å². The number of halogens is 4. The third kappa shape index (κ3) is 2.20. The van der Waals surface area contributed by atoms with E-state index in [2.05, 4.69) is 26.1 Å². The van der Waals surface area contributed by atoms with E-state index in [0.29, 0.717) is 21.6 Å². The Hall–Kier alpha value is -0.290. The first-order valence-electron chi connectivity index (χ1n) is 4.23. The molecular formula is C9H5BrCl3N3. The third-order valence-corrected chi connectivity index (χ3v) is 3.23. The molecule has 2 rings (SSSR count). The van der Waals surface area contributed by atoms with Crippen LogP contribution in [0.5, 0.6) is 0 Å². The van der Waals surface area contributed by atoms with Gasteiger partial charge in [0, 0.05) is 4.47 Å². The zero-order valence-electron chi connectivity index (χ0n) is 7.79. The summed E-state index contributed by atoms with van der Waals surface area (Å²) in [4.78, 5) is 0. The molecule has 16 heavy (non-hydrogen) atoms. The summed E-state index contributed by atoms with van der Waals surface area (Å²) in [5.74, 6) is 0.829. The number of hydrogen-bond acceptors (Lipinski definition) is 2. The van der Waals surface area contributed by atoms with Crippen molar-refractivity contribution in [1.29, 1.82) is 0 Å². The maximum absolute atomic E-state index is 6.12. The molecule has 0 spiro atoms. The Labute approximate surface area is 115 Å². The average Bonchev–Trinajstić information content (AvgIpc) is 2.64.